The third kappa shape index (κ3) is 4.16. The van der Waals surface area contributed by atoms with Crippen LogP contribution < -0.4 is 5.32 Å². The van der Waals surface area contributed by atoms with E-state index < -0.39 is 23.7 Å². The van der Waals surface area contributed by atoms with E-state index in [9.17, 15) is 14.0 Å². The van der Waals surface area contributed by atoms with E-state index in [1.54, 1.807) is 19.9 Å². The van der Waals surface area contributed by atoms with Gasteiger partial charge in [0.25, 0.3) is 0 Å². The highest BCUT2D eigenvalue weighted by molar-refractivity contribution is 5.83. The highest BCUT2D eigenvalue weighted by atomic mass is 19.1. The lowest BCUT2D eigenvalue weighted by Crippen LogP contribution is -2.36. The van der Waals surface area contributed by atoms with Crippen molar-refractivity contribution < 1.29 is 19.1 Å². The van der Waals surface area contributed by atoms with Crippen LogP contribution in [0.4, 0.5) is 4.39 Å². The second kappa shape index (κ2) is 6.14. The van der Waals surface area contributed by atoms with Crippen LogP contribution in [0.5, 0.6) is 0 Å². The Morgan fingerprint density at radius 2 is 2.06 bits per heavy atom. The normalized spacial score (nSPS) is 13.7. The lowest BCUT2D eigenvalue weighted by atomic mass is 10.00. The SMILES string of the molecule is C[C@H](CC(=O)O)NC(=O)[C@@H](C)c1cccc(F)c1. The number of nitrogens with one attached hydrogen (secondary N) is 1. The number of benzene rings is 1. The first kappa shape index (κ1) is 14.2. The molecule has 2 atom stereocenters. The van der Waals surface area contributed by atoms with Gasteiger partial charge in [-0.1, -0.05) is 12.1 Å². The van der Waals surface area contributed by atoms with Crippen LogP contribution in [0, 0.1) is 5.82 Å². The first-order chi connectivity index (χ1) is 8.40. The number of carboxylic acid groups (broad SMARTS) is 1. The number of rotatable bonds is 5. The topological polar surface area (TPSA) is 66.4 Å². The third-order valence-corrected chi connectivity index (χ3v) is 2.61. The van der Waals surface area contributed by atoms with Gasteiger partial charge in [0.15, 0.2) is 0 Å². The molecule has 1 aromatic carbocycles. The molecule has 5 heteroatoms. The van der Waals surface area contributed by atoms with Crippen molar-refractivity contribution in [1.29, 1.82) is 0 Å². The lowest BCUT2D eigenvalue weighted by Gasteiger charge is -2.16. The average molecular weight is 253 g/mol. The van der Waals surface area contributed by atoms with Gasteiger partial charge >= 0.3 is 5.97 Å². The Kier molecular flexibility index (Phi) is 4.83. The second-order valence-corrected chi connectivity index (χ2v) is 4.28. The van der Waals surface area contributed by atoms with Crippen molar-refractivity contribution in [3.63, 3.8) is 0 Å². The van der Waals surface area contributed by atoms with Gasteiger partial charge in [-0.05, 0) is 31.5 Å². The summed E-state index contributed by atoms with van der Waals surface area (Å²) in [5.41, 5.74) is 0.565. The molecule has 0 aromatic heterocycles. The molecule has 18 heavy (non-hydrogen) atoms. The Morgan fingerprint density at radius 1 is 1.39 bits per heavy atom. The van der Waals surface area contributed by atoms with Crippen LogP contribution in [0.3, 0.4) is 0 Å². The fourth-order valence-electron chi connectivity index (χ4n) is 1.61. The fraction of sp³-hybridized carbons (Fsp3) is 0.385. The number of halogens is 1. The summed E-state index contributed by atoms with van der Waals surface area (Å²) < 4.78 is 13.0. The summed E-state index contributed by atoms with van der Waals surface area (Å²) in [5.74, 6) is -2.20. The molecule has 0 fully saturated rings. The number of carbonyl (C=O) groups excluding carboxylic acids is 1. The number of carbonyl (C=O) groups is 2. The van der Waals surface area contributed by atoms with Gasteiger partial charge in [-0.25, -0.2) is 4.39 Å². The summed E-state index contributed by atoms with van der Waals surface area (Å²) in [6.07, 6.45) is -0.137. The average Bonchev–Trinajstić information content (AvgIpc) is 2.26. The van der Waals surface area contributed by atoms with Crippen molar-refractivity contribution in [2.45, 2.75) is 32.2 Å². The van der Waals surface area contributed by atoms with Gasteiger partial charge < -0.3 is 10.4 Å². The molecule has 0 saturated carbocycles. The minimum absolute atomic E-state index is 0.137. The highest BCUT2D eigenvalue weighted by Gasteiger charge is 2.18. The first-order valence-corrected chi connectivity index (χ1v) is 5.67. The van der Waals surface area contributed by atoms with E-state index >= 15 is 0 Å². The molecule has 0 radical (unpaired) electrons. The molecule has 0 aliphatic carbocycles. The zero-order valence-corrected chi connectivity index (χ0v) is 10.3. The summed E-state index contributed by atoms with van der Waals surface area (Å²) in [6, 6.07) is 5.35. The number of amides is 1. The van der Waals surface area contributed by atoms with Crippen LogP contribution in [-0.4, -0.2) is 23.0 Å². The van der Waals surface area contributed by atoms with Gasteiger partial charge in [0.1, 0.15) is 5.82 Å². The molecule has 0 heterocycles. The molecule has 1 rings (SSSR count). The van der Waals surface area contributed by atoms with E-state index in [0.29, 0.717) is 5.56 Å². The zero-order chi connectivity index (χ0) is 13.7. The van der Waals surface area contributed by atoms with Crippen LogP contribution in [0.2, 0.25) is 0 Å². The predicted octanol–water partition coefficient (Wildman–Crippen LogP) is 1.91. The monoisotopic (exact) mass is 253 g/mol. The molecule has 0 aliphatic heterocycles. The number of hydrogen-bond acceptors (Lipinski definition) is 2. The van der Waals surface area contributed by atoms with Crippen LogP contribution >= 0.6 is 0 Å². The van der Waals surface area contributed by atoms with Crippen LogP contribution in [0.25, 0.3) is 0 Å². The summed E-state index contributed by atoms with van der Waals surface area (Å²) in [4.78, 5) is 22.3. The second-order valence-electron chi connectivity index (χ2n) is 4.28. The van der Waals surface area contributed by atoms with Crippen LogP contribution in [0.15, 0.2) is 24.3 Å². The molecule has 0 saturated heterocycles. The number of aliphatic carboxylic acids is 1. The van der Waals surface area contributed by atoms with Crippen LogP contribution in [0.1, 0.15) is 31.7 Å². The Labute approximate surface area is 105 Å². The molecule has 4 nitrogen and oxygen atoms in total. The number of carboxylic acids is 1. The lowest BCUT2D eigenvalue weighted by molar-refractivity contribution is -0.137. The molecular formula is C13H16FNO3. The largest absolute Gasteiger partial charge is 0.481 e. The van der Waals surface area contributed by atoms with Crippen LogP contribution in [-0.2, 0) is 9.59 Å². The van der Waals surface area contributed by atoms with Gasteiger partial charge in [-0.15, -0.1) is 0 Å². The van der Waals surface area contributed by atoms with Gasteiger partial charge in [-0.2, -0.15) is 0 Å². The van der Waals surface area contributed by atoms with E-state index in [-0.39, 0.29) is 12.3 Å². The van der Waals surface area contributed by atoms with Crippen molar-refractivity contribution in [2.24, 2.45) is 0 Å². The van der Waals surface area contributed by atoms with Gasteiger partial charge in [0.2, 0.25) is 5.91 Å². The molecule has 0 spiro atoms. The molecule has 98 valence electrons. The van der Waals surface area contributed by atoms with Crippen molar-refractivity contribution in [1.82, 2.24) is 5.32 Å². The quantitative estimate of drug-likeness (QED) is 0.842. The van der Waals surface area contributed by atoms with Crippen molar-refractivity contribution in [3.05, 3.63) is 35.6 Å². The van der Waals surface area contributed by atoms with Crippen molar-refractivity contribution in [2.75, 3.05) is 0 Å². The first-order valence-electron chi connectivity index (χ1n) is 5.67. The molecule has 1 amide bonds. The minimum Gasteiger partial charge on any atom is -0.481 e. The fourth-order valence-corrected chi connectivity index (χ4v) is 1.61. The minimum atomic E-state index is -0.971. The van der Waals surface area contributed by atoms with Gasteiger partial charge in [0, 0.05) is 6.04 Å². The maximum Gasteiger partial charge on any atom is 0.305 e. The summed E-state index contributed by atoms with van der Waals surface area (Å²) in [5, 5.41) is 11.2. The van der Waals surface area contributed by atoms with Gasteiger partial charge in [0.05, 0.1) is 12.3 Å². The smallest absolute Gasteiger partial charge is 0.305 e. The standard InChI is InChI=1S/C13H16FNO3/c1-8(6-12(16)17)15-13(18)9(2)10-4-3-5-11(14)7-10/h3-5,7-9H,6H2,1-2H3,(H,15,18)(H,16,17)/t8-,9+/m1/s1. The Hall–Kier alpha value is -1.91. The third-order valence-electron chi connectivity index (χ3n) is 2.61. The Morgan fingerprint density at radius 3 is 2.61 bits per heavy atom. The van der Waals surface area contributed by atoms with E-state index in [4.69, 9.17) is 5.11 Å². The highest BCUT2D eigenvalue weighted by Crippen LogP contribution is 2.16. The van der Waals surface area contributed by atoms with E-state index in [1.807, 2.05) is 0 Å². The molecule has 0 aliphatic rings. The molecular weight excluding hydrogens is 237 g/mol. The van der Waals surface area contributed by atoms with Gasteiger partial charge in [-0.3, -0.25) is 9.59 Å². The Bertz CT molecular complexity index is 448. The van der Waals surface area contributed by atoms with Crippen molar-refractivity contribution >= 4 is 11.9 Å². The van der Waals surface area contributed by atoms with E-state index in [2.05, 4.69) is 5.32 Å². The maximum atomic E-state index is 13.0. The summed E-state index contributed by atoms with van der Waals surface area (Å²) >= 11 is 0. The molecule has 0 unspecified atom stereocenters. The summed E-state index contributed by atoms with van der Waals surface area (Å²) in [7, 11) is 0. The molecule has 1 aromatic rings. The molecule has 2 N–H and O–H groups in total. The summed E-state index contributed by atoms with van der Waals surface area (Å²) in [6.45, 7) is 3.27. The maximum absolute atomic E-state index is 13.0. The predicted molar refractivity (Wildman–Crippen MR) is 64.7 cm³/mol. The van der Waals surface area contributed by atoms with Crippen molar-refractivity contribution in [3.8, 4) is 0 Å². The molecule has 0 bridgehead atoms. The number of hydrogen-bond donors (Lipinski definition) is 2. The van der Waals surface area contributed by atoms with E-state index in [1.165, 1.54) is 18.2 Å². The Balaban J connectivity index is 2.64. The zero-order valence-electron chi connectivity index (χ0n) is 10.3. The van der Waals surface area contributed by atoms with E-state index in [0.717, 1.165) is 0 Å².